The number of fused-ring (bicyclic) bond motifs is 1. The minimum Gasteiger partial charge on any atom is -0.507 e. The van der Waals surface area contributed by atoms with Crippen LogP contribution in [0.25, 0.3) is 22.3 Å². The lowest BCUT2D eigenvalue weighted by Gasteiger charge is -2.11. The standard InChI is InChI=1S/C28H36N2O7.ClH/c1-30(2)14-8-16-35-21-12-10-20(11-13-21)25-19-24(32)28-23(31)17-22(18-26(28)37-25)36-15-7-5-3-4-6-9-27(33)29-34;/h10-13,17-19,31,34H,3-9,14-16H2,1-2H3,(H,29,33);1H. The first-order valence-electron chi connectivity index (χ1n) is 12.6. The van der Waals surface area contributed by atoms with Crippen molar-refractivity contribution in [2.45, 2.75) is 44.9 Å². The zero-order chi connectivity index (χ0) is 26.6. The number of carbonyl (C=O) groups excluding carboxylic acids is 1. The van der Waals surface area contributed by atoms with E-state index in [4.69, 9.17) is 19.1 Å². The number of unbranched alkanes of at least 4 members (excludes halogenated alkanes) is 4. The predicted octanol–water partition coefficient (Wildman–Crippen LogP) is 5.14. The summed E-state index contributed by atoms with van der Waals surface area (Å²) in [5.41, 5.74) is 2.27. The molecular weight excluding hydrogens is 512 g/mol. The maximum atomic E-state index is 12.7. The summed E-state index contributed by atoms with van der Waals surface area (Å²) in [5.74, 6) is 1.01. The van der Waals surface area contributed by atoms with Crippen molar-refractivity contribution in [1.82, 2.24) is 10.4 Å². The second-order valence-electron chi connectivity index (χ2n) is 9.22. The second kappa shape index (κ2) is 15.9. The Morgan fingerprint density at radius 2 is 1.58 bits per heavy atom. The molecule has 1 amide bonds. The lowest BCUT2D eigenvalue weighted by Crippen LogP contribution is -2.17. The number of phenolic OH excluding ortho intramolecular Hbond substituents is 1. The van der Waals surface area contributed by atoms with E-state index in [0.29, 0.717) is 31.1 Å². The number of halogens is 1. The van der Waals surface area contributed by atoms with E-state index in [-0.39, 0.29) is 40.5 Å². The smallest absolute Gasteiger partial charge is 0.243 e. The molecule has 1 heterocycles. The van der Waals surface area contributed by atoms with Crippen molar-refractivity contribution in [1.29, 1.82) is 0 Å². The highest BCUT2D eigenvalue weighted by atomic mass is 35.5. The number of benzene rings is 2. The number of rotatable bonds is 15. The molecule has 1 aromatic heterocycles. The predicted molar refractivity (Wildman–Crippen MR) is 149 cm³/mol. The summed E-state index contributed by atoms with van der Waals surface area (Å²) in [4.78, 5) is 25.8. The van der Waals surface area contributed by atoms with Crippen molar-refractivity contribution in [3.8, 4) is 28.6 Å². The highest BCUT2D eigenvalue weighted by Gasteiger charge is 2.13. The van der Waals surface area contributed by atoms with Gasteiger partial charge in [0, 0.05) is 36.7 Å². The Labute approximate surface area is 228 Å². The number of carbonyl (C=O) groups is 1. The number of hydrogen-bond acceptors (Lipinski definition) is 8. The molecule has 10 heteroatoms. The SMILES string of the molecule is CN(C)CCCOc1ccc(-c2cc(=O)c3c(O)cc(OCCCCCCCC(=O)NO)cc3o2)cc1.Cl. The molecule has 0 spiro atoms. The first kappa shape index (κ1) is 31.0. The largest absolute Gasteiger partial charge is 0.507 e. The third-order valence-electron chi connectivity index (χ3n) is 5.88. The van der Waals surface area contributed by atoms with Crippen molar-refractivity contribution in [2.75, 3.05) is 33.9 Å². The molecule has 0 atom stereocenters. The molecule has 208 valence electrons. The number of nitrogens with zero attached hydrogens (tertiary/aromatic N) is 1. The van der Waals surface area contributed by atoms with Gasteiger partial charge in [-0.1, -0.05) is 19.3 Å². The molecule has 3 rings (SSSR count). The number of hydroxylamine groups is 1. The van der Waals surface area contributed by atoms with Crippen molar-refractivity contribution in [3.05, 3.63) is 52.7 Å². The molecule has 0 unspecified atom stereocenters. The molecule has 0 fully saturated rings. The molecule has 9 nitrogen and oxygen atoms in total. The van der Waals surface area contributed by atoms with Crippen LogP contribution >= 0.6 is 12.4 Å². The summed E-state index contributed by atoms with van der Waals surface area (Å²) in [5, 5.41) is 19.0. The van der Waals surface area contributed by atoms with Gasteiger partial charge in [0.25, 0.3) is 0 Å². The Bertz CT molecular complexity index is 1210. The summed E-state index contributed by atoms with van der Waals surface area (Å²) in [6, 6.07) is 11.8. The molecule has 0 radical (unpaired) electrons. The van der Waals surface area contributed by atoms with Crippen LogP contribution in [0.2, 0.25) is 0 Å². The zero-order valence-corrected chi connectivity index (χ0v) is 22.7. The molecule has 3 N–H and O–H groups in total. The summed E-state index contributed by atoms with van der Waals surface area (Å²) >= 11 is 0. The van der Waals surface area contributed by atoms with Crippen LogP contribution in [0.5, 0.6) is 17.2 Å². The van der Waals surface area contributed by atoms with E-state index in [1.807, 2.05) is 38.4 Å². The van der Waals surface area contributed by atoms with Gasteiger partial charge < -0.3 is 23.9 Å². The molecule has 0 aliphatic carbocycles. The number of amides is 1. The number of hydrogen-bond donors (Lipinski definition) is 3. The lowest BCUT2D eigenvalue weighted by molar-refractivity contribution is -0.129. The Hall–Kier alpha value is -3.27. The third kappa shape index (κ3) is 9.55. The minimum absolute atomic E-state index is 0. The van der Waals surface area contributed by atoms with Crippen LogP contribution in [-0.2, 0) is 4.79 Å². The molecule has 3 aromatic rings. The average molecular weight is 549 g/mol. The summed E-state index contributed by atoms with van der Waals surface area (Å²) < 4.78 is 17.5. The van der Waals surface area contributed by atoms with Crippen LogP contribution in [0.3, 0.4) is 0 Å². The van der Waals surface area contributed by atoms with Gasteiger partial charge in [0.15, 0.2) is 5.43 Å². The first-order chi connectivity index (χ1) is 17.9. The van der Waals surface area contributed by atoms with Gasteiger partial charge >= 0.3 is 0 Å². The van der Waals surface area contributed by atoms with Gasteiger partial charge in [0.2, 0.25) is 5.91 Å². The Balaban J connectivity index is 0.00000507. The Morgan fingerprint density at radius 3 is 2.29 bits per heavy atom. The Kier molecular flexibility index (Phi) is 12.9. The quantitative estimate of drug-likeness (QED) is 0.135. The van der Waals surface area contributed by atoms with Gasteiger partial charge in [-0.25, -0.2) is 5.48 Å². The van der Waals surface area contributed by atoms with Crippen LogP contribution in [0, 0.1) is 0 Å². The molecule has 38 heavy (non-hydrogen) atoms. The maximum Gasteiger partial charge on any atom is 0.243 e. The van der Waals surface area contributed by atoms with Gasteiger partial charge in [-0.15, -0.1) is 12.4 Å². The highest BCUT2D eigenvalue weighted by Crippen LogP contribution is 2.31. The number of nitrogens with one attached hydrogen (secondary N) is 1. The second-order valence-corrected chi connectivity index (χ2v) is 9.22. The summed E-state index contributed by atoms with van der Waals surface area (Å²) in [6.45, 7) is 2.02. The molecule has 0 aliphatic heterocycles. The number of ether oxygens (including phenoxy) is 2. The minimum atomic E-state index is -0.369. The highest BCUT2D eigenvalue weighted by molar-refractivity contribution is 5.86. The van der Waals surface area contributed by atoms with E-state index in [2.05, 4.69) is 4.90 Å². The van der Waals surface area contributed by atoms with Crippen molar-refractivity contribution in [2.24, 2.45) is 0 Å². The molecule has 0 aliphatic rings. The lowest BCUT2D eigenvalue weighted by atomic mass is 10.1. The van der Waals surface area contributed by atoms with E-state index < -0.39 is 0 Å². The van der Waals surface area contributed by atoms with Crippen molar-refractivity contribution >= 4 is 29.3 Å². The molecule has 0 saturated carbocycles. The van der Waals surface area contributed by atoms with Crippen LogP contribution in [0.1, 0.15) is 44.9 Å². The number of phenols is 1. The third-order valence-corrected chi connectivity index (χ3v) is 5.88. The van der Waals surface area contributed by atoms with E-state index in [0.717, 1.165) is 56.4 Å². The molecule has 0 saturated heterocycles. The van der Waals surface area contributed by atoms with Gasteiger partial charge in [0.1, 0.15) is 34.0 Å². The Morgan fingerprint density at radius 1 is 0.921 bits per heavy atom. The van der Waals surface area contributed by atoms with E-state index in [1.165, 1.54) is 12.1 Å². The van der Waals surface area contributed by atoms with Crippen molar-refractivity contribution in [3.63, 3.8) is 0 Å². The fraction of sp³-hybridized carbons (Fsp3) is 0.429. The topological polar surface area (TPSA) is 121 Å². The van der Waals surface area contributed by atoms with Crippen LogP contribution in [0.4, 0.5) is 0 Å². The van der Waals surface area contributed by atoms with Gasteiger partial charge in [-0.3, -0.25) is 14.8 Å². The molecular formula is C28H37ClN2O7. The van der Waals surface area contributed by atoms with Gasteiger partial charge in [-0.2, -0.15) is 0 Å². The normalized spacial score (nSPS) is 10.8. The number of aromatic hydroxyl groups is 1. The fourth-order valence-corrected chi connectivity index (χ4v) is 3.92. The van der Waals surface area contributed by atoms with Gasteiger partial charge in [-0.05, 0) is 57.6 Å². The average Bonchev–Trinajstić information content (AvgIpc) is 2.87. The fourth-order valence-electron chi connectivity index (χ4n) is 3.92. The van der Waals surface area contributed by atoms with E-state index in [9.17, 15) is 14.7 Å². The monoisotopic (exact) mass is 548 g/mol. The van der Waals surface area contributed by atoms with Crippen LogP contribution < -0.4 is 20.4 Å². The maximum absolute atomic E-state index is 12.7. The molecule has 2 aromatic carbocycles. The molecule has 0 bridgehead atoms. The van der Waals surface area contributed by atoms with E-state index in [1.54, 1.807) is 11.5 Å². The first-order valence-corrected chi connectivity index (χ1v) is 12.6. The zero-order valence-electron chi connectivity index (χ0n) is 21.9. The van der Waals surface area contributed by atoms with Crippen LogP contribution in [0.15, 0.2) is 51.7 Å². The summed E-state index contributed by atoms with van der Waals surface area (Å²) in [6.07, 6.45) is 5.53. The van der Waals surface area contributed by atoms with Crippen LogP contribution in [-0.4, -0.2) is 55.0 Å². The van der Waals surface area contributed by atoms with Crippen molar-refractivity contribution < 1.29 is 29.0 Å². The van der Waals surface area contributed by atoms with Gasteiger partial charge in [0.05, 0.1) is 13.2 Å². The summed E-state index contributed by atoms with van der Waals surface area (Å²) in [7, 11) is 4.05. The van der Waals surface area contributed by atoms with E-state index >= 15 is 0 Å².